The first-order valence-corrected chi connectivity index (χ1v) is 7.78. The van der Waals surface area contributed by atoms with Gasteiger partial charge in [-0.25, -0.2) is 9.37 Å². The third kappa shape index (κ3) is 4.17. The van der Waals surface area contributed by atoms with E-state index in [1.807, 2.05) is 13.0 Å². The molecule has 5 nitrogen and oxygen atoms in total. The topological polar surface area (TPSA) is 59.8 Å². The fraction of sp³-hybridized carbons (Fsp3) is 0.105. The van der Waals surface area contributed by atoms with Crippen LogP contribution in [0.4, 0.5) is 4.39 Å². The Hall–Kier alpha value is -3.28. The number of hydrogen-bond acceptors (Lipinski definition) is 3. The second-order valence-electron chi connectivity index (χ2n) is 5.47. The number of halogens is 1. The van der Waals surface area contributed by atoms with Crippen molar-refractivity contribution in [3.63, 3.8) is 0 Å². The summed E-state index contributed by atoms with van der Waals surface area (Å²) in [5, 5.41) is 2.73. The third-order valence-corrected chi connectivity index (χ3v) is 3.68. The molecule has 0 aliphatic heterocycles. The summed E-state index contributed by atoms with van der Waals surface area (Å²) in [4.78, 5) is 19.9. The van der Waals surface area contributed by atoms with Crippen molar-refractivity contribution in [3.05, 3.63) is 84.0 Å². The maximum Gasteiger partial charge on any atom is 0.244 e. The Morgan fingerprint density at radius 3 is 2.88 bits per heavy atom. The monoisotopic (exact) mass is 336 g/mol. The number of nitrogens with one attached hydrogen (secondary N) is 1. The van der Waals surface area contributed by atoms with Gasteiger partial charge in [0, 0.05) is 37.4 Å². The van der Waals surface area contributed by atoms with E-state index < -0.39 is 0 Å². The molecule has 0 radical (unpaired) electrons. The molecule has 2 aromatic heterocycles. The zero-order valence-corrected chi connectivity index (χ0v) is 13.7. The van der Waals surface area contributed by atoms with Gasteiger partial charge >= 0.3 is 0 Å². The number of amides is 1. The number of carbonyl (C=O) groups is 1. The van der Waals surface area contributed by atoms with Gasteiger partial charge in [0.25, 0.3) is 0 Å². The van der Waals surface area contributed by atoms with Crippen molar-refractivity contribution < 1.29 is 9.18 Å². The molecule has 0 aliphatic carbocycles. The standard InChI is InChI=1S/C19H17FN4O/c1-14-22-9-10-24(14)18-6-4-16(11-17(18)20)13-23-19(25)7-5-15-3-2-8-21-12-15/h2-12H,13H2,1H3,(H,23,25)/b7-5+. The lowest BCUT2D eigenvalue weighted by molar-refractivity contribution is -0.116. The average Bonchev–Trinajstić information content (AvgIpc) is 3.05. The summed E-state index contributed by atoms with van der Waals surface area (Å²) in [6.07, 6.45) is 9.76. The van der Waals surface area contributed by atoms with Crippen molar-refractivity contribution in [2.45, 2.75) is 13.5 Å². The summed E-state index contributed by atoms with van der Waals surface area (Å²) in [7, 11) is 0. The quantitative estimate of drug-likeness (QED) is 0.729. The first-order valence-electron chi connectivity index (χ1n) is 7.78. The van der Waals surface area contributed by atoms with Gasteiger partial charge in [0.05, 0.1) is 5.69 Å². The normalized spacial score (nSPS) is 11.0. The number of imidazole rings is 1. The summed E-state index contributed by atoms with van der Waals surface area (Å²) in [6.45, 7) is 2.05. The number of nitrogens with zero attached hydrogens (tertiary/aromatic N) is 3. The van der Waals surface area contributed by atoms with Gasteiger partial charge in [0.15, 0.2) is 0 Å². The van der Waals surface area contributed by atoms with E-state index in [0.29, 0.717) is 17.1 Å². The molecule has 126 valence electrons. The van der Waals surface area contributed by atoms with Crippen molar-refractivity contribution in [1.82, 2.24) is 19.9 Å². The molecule has 3 aromatic rings. The van der Waals surface area contributed by atoms with Crippen LogP contribution in [-0.2, 0) is 11.3 Å². The average molecular weight is 336 g/mol. The van der Waals surface area contributed by atoms with Gasteiger partial charge in [-0.1, -0.05) is 12.1 Å². The van der Waals surface area contributed by atoms with Crippen LogP contribution in [0, 0.1) is 12.7 Å². The first-order chi connectivity index (χ1) is 12.1. The van der Waals surface area contributed by atoms with Crippen LogP contribution in [0.5, 0.6) is 0 Å². The second kappa shape index (κ2) is 7.53. The molecule has 2 heterocycles. The lowest BCUT2D eigenvalue weighted by atomic mass is 10.2. The van der Waals surface area contributed by atoms with E-state index >= 15 is 0 Å². The largest absolute Gasteiger partial charge is 0.348 e. The maximum absolute atomic E-state index is 14.3. The molecule has 0 fully saturated rings. The van der Waals surface area contributed by atoms with E-state index in [2.05, 4.69) is 15.3 Å². The highest BCUT2D eigenvalue weighted by Gasteiger charge is 2.08. The van der Waals surface area contributed by atoms with Gasteiger partial charge < -0.3 is 9.88 Å². The van der Waals surface area contributed by atoms with Gasteiger partial charge in [-0.15, -0.1) is 0 Å². The summed E-state index contributed by atoms with van der Waals surface area (Å²) in [6, 6.07) is 8.52. The highest BCUT2D eigenvalue weighted by atomic mass is 19.1. The van der Waals surface area contributed by atoms with E-state index in [4.69, 9.17) is 0 Å². The van der Waals surface area contributed by atoms with E-state index in [9.17, 15) is 9.18 Å². The lowest BCUT2D eigenvalue weighted by Gasteiger charge is -2.09. The third-order valence-electron chi connectivity index (χ3n) is 3.68. The van der Waals surface area contributed by atoms with Gasteiger partial charge in [-0.05, 0) is 42.3 Å². The minimum Gasteiger partial charge on any atom is -0.348 e. The van der Waals surface area contributed by atoms with Crippen LogP contribution in [0.1, 0.15) is 17.0 Å². The van der Waals surface area contributed by atoms with Gasteiger partial charge in [-0.3, -0.25) is 9.78 Å². The van der Waals surface area contributed by atoms with Crippen LogP contribution in [0.25, 0.3) is 11.8 Å². The Morgan fingerprint density at radius 2 is 2.20 bits per heavy atom. The fourth-order valence-corrected chi connectivity index (χ4v) is 2.38. The molecule has 25 heavy (non-hydrogen) atoms. The molecule has 0 saturated heterocycles. The van der Waals surface area contributed by atoms with Gasteiger partial charge in [0.1, 0.15) is 11.6 Å². The highest BCUT2D eigenvalue weighted by Crippen LogP contribution is 2.16. The fourth-order valence-electron chi connectivity index (χ4n) is 2.38. The van der Waals surface area contributed by atoms with Crippen molar-refractivity contribution >= 4 is 12.0 Å². The molecule has 1 amide bonds. The Bertz CT molecular complexity index is 903. The number of rotatable bonds is 5. The van der Waals surface area contributed by atoms with Crippen LogP contribution in [0.2, 0.25) is 0 Å². The van der Waals surface area contributed by atoms with Gasteiger partial charge in [-0.2, -0.15) is 0 Å². The summed E-state index contributed by atoms with van der Waals surface area (Å²) < 4.78 is 16.0. The van der Waals surface area contributed by atoms with Crippen LogP contribution >= 0.6 is 0 Å². The molecule has 0 spiro atoms. The maximum atomic E-state index is 14.3. The van der Waals surface area contributed by atoms with Crippen molar-refractivity contribution in [2.24, 2.45) is 0 Å². The number of aromatic nitrogens is 3. The Balaban J connectivity index is 1.62. The molecule has 6 heteroatoms. The van der Waals surface area contributed by atoms with E-state index in [-0.39, 0.29) is 18.3 Å². The van der Waals surface area contributed by atoms with Crippen molar-refractivity contribution in [3.8, 4) is 5.69 Å². The Kier molecular flexibility index (Phi) is 4.99. The number of pyridine rings is 1. The molecule has 0 unspecified atom stereocenters. The van der Waals surface area contributed by atoms with Crippen molar-refractivity contribution in [2.75, 3.05) is 0 Å². The number of benzene rings is 1. The molecule has 3 rings (SSSR count). The predicted molar refractivity (Wildman–Crippen MR) is 93.4 cm³/mol. The molecule has 0 bridgehead atoms. The zero-order chi connectivity index (χ0) is 17.6. The van der Waals surface area contributed by atoms with E-state index in [1.54, 1.807) is 53.6 Å². The molecule has 0 atom stereocenters. The zero-order valence-electron chi connectivity index (χ0n) is 13.7. The van der Waals surface area contributed by atoms with E-state index in [0.717, 1.165) is 5.56 Å². The minimum atomic E-state index is -0.362. The van der Waals surface area contributed by atoms with Crippen LogP contribution in [0.15, 0.2) is 61.2 Å². The van der Waals surface area contributed by atoms with E-state index in [1.165, 1.54) is 12.1 Å². The summed E-state index contributed by atoms with van der Waals surface area (Å²) in [5.74, 6) is 0.0954. The van der Waals surface area contributed by atoms with Gasteiger partial charge in [0.2, 0.25) is 5.91 Å². The number of aryl methyl sites for hydroxylation is 1. The highest BCUT2D eigenvalue weighted by molar-refractivity contribution is 5.91. The molecule has 0 saturated carbocycles. The smallest absolute Gasteiger partial charge is 0.244 e. The minimum absolute atomic E-state index is 0.246. The van der Waals surface area contributed by atoms with Crippen LogP contribution in [-0.4, -0.2) is 20.4 Å². The number of hydrogen-bond donors (Lipinski definition) is 1. The SMILES string of the molecule is Cc1nccn1-c1ccc(CNC(=O)/C=C/c2cccnc2)cc1F. The summed E-state index contributed by atoms with van der Waals surface area (Å²) >= 11 is 0. The van der Waals surface area contributed by atoms with Crippen molar-refractivity contribution in [1.29, 1.82) is 0 Å². The predicted octanol–water partition coefficient (Wildman–Crippen LogP) is 3.04. The number of carbonyl (C=O) groups excluding carboxylic acids is 1. The van der Waals surface area contributed by atoms with Crippen LogP contribution < -0.4 is 5.32 Å². The molecular weight excluding hydrogens is 319 g/mol. The molecular formula is C19H17FN4O. The first kappa shape index (κ1) is 16.6. The molecule has 1 N–H and O–H groups in total. The molecule has 1 aromatic carbocycles. The molecule has 0 aliphatic rings. The lowest BCUT2D eigenvalue weighted by Crippen LogP contribution is -2.20. The second-order valence-corrected chi connectivity index (χ2v) is 5.47. The Labute approximate surface area is 144 Å². The Morgan fingerprint density at radius 1 is 1.32 bits per heavy atom. The van der Waals surface area contributed by atoms with Crippen LogP contribution in [0.3, 0.4) is 0 Å². The summed E-state index contributed by atoms with van der Waals surface area (Å²) in [5.41, 5.74) is 1.95.